The molecule has 0 atom stereocenters. The van der Waals surface area contributed by atoms with Crippen LogP contribution in [0.1, 0.15) is 10.4 Å². The quantitative estimate of drug-likeness (QED) is 0.453. The molecule has 1 amide bonds. The van der Waals surface area contributed by atoms with Gasteiger partial charge in [0.2, 0.25) is 5.82 Å². The van der Waals surface area contributed by atoms with Crippen LogP contribution in [0.2, 0.25) is 0 Å². The fraction of sp³-hybridized carbons (Fsp3) is 0. The van der Waals surface area contributed by atoms with Gasteiger partial charge in [0.1, 0.15) is 5.82 Å². The van der Waals surface area contributed by atoms with Crippen molar-refractivity contribution in [1.29, 1.82) is 0 Å². The predicted molar refractivity (Wildman–Crippen MR) is 66.7 cm³/mol. The summed E-state index contributed by atoms with van der Waals surface area (Å²) in [5, 5.41) is 11.1. The molecule has 4 N–H and O–H groups in total. The molecule has 0 aliphatic rings. The summed E-state index contributed by atoms with van der Waals surface area (Å²) in [6, 6.07) is 3.30. The second-order valence-corrected chi connectivity index (χ2v) is 4.07. The zero-order chi connectivity index (χ0) is 15.7. The third-order valence-electron chi connectivity index (χ3n) is 2.64. The molecule has 0 spiro atoms. The van der Waals surface area contributed by atoms with E-state index in [2.05, 4.69) is 5.32 Å². The Hall–Kier alpha value is -2.77. The van der Waals surface area contributed by atoms with Crippen LogP contribution in [0.5, 0.6) is 5.75 Å². The van der Waals surface area contributed by atoms with Crippen molar-refractivity contribution < 1.29 is 27.5 Å². The van der Waals surface area contributed by atoms with Crippen molar-refractivity contribution in [3.05, 3.63) is 53.1 Å². The Labute approximate surface area is 115 Å². The number of halogens is 4. The first-order valence-corrected chi connectivity index (χ1v) is 5.54. The highest BCUT2D eigenvalue weighted by atomic mass is 19.2. The molecule has 0 aliphatic heterocycles. The molecule has 2 aromatic carbocycles. The number of nitrogens with two attached hydrogens (primary N) is 1. The van der Waals surface area contributed by atoms with E-state index in [0.29, 0.717) is 6.07 Å². The van der Waals surface area contributed by atoms with Crippen LogP contribution in [-0.2, 0) is 0 Å². The average Bonchev–Trinajstić information content (AvgIpc) is 2.43. The summed E-state index contributed by atoms with van der Waals surface area (Å²) in [4.78, 5) is 11.8. The van der Waals surface area contributed by atoms with Gasteiger partial charge in [0, 0.05) is 0 Å². The van der Waals surface area contributed by atoms with E-state index in [1.54, 1.807) is 0 Å². The largest absolute Gasteiger partial charge is 0.503 e. The maximum Gasteiger partial charge on any atom is 0.258 e. The Kier molecular flexibility index (Phi) is 3.70. The maximum atomic E-state index is 13.6. The second kappa shape index (κ2) is 5.31. The molecule has 0 saturated heterocycles. The number of hydrogen-bond donors (Lipinski definition) is 3. The Morgan fingerprint density at radius 2 is 1.76 bits per heavy atom. The van der Waals surface area contributed by atoms with E-state index < -0.39 is 40.5 Å². The molecular formula is C13H8F4N2O2. The van der Waals surface area contributed by atoms with Gasteiger partial charge in [0.05, 0.1) is 16.9 Å². The summed E-state index contributed by atoms with van der Waals surface area (Å²) in [6.07, 6.45) is 0. The molecule has 0 aromatic heterocycles. The van der Waals surface area contributed by atoms with Crippen LogP contribution in [0.15, 0.2) is 24.3 Å². The van der Waals surface area contributed by atoms with Crippen LogP contribution >= 0.6 is 0 Å². The number of rotatable bonds is 2. The van der Waals surface area contributed by atoms with Crippen LogP contribution in [0, 0.1) is 23.3 Å². The van der Waals surface area contributed by atoms with Gasteiger partial charge >= 0.3 is 0 Å². The molecule has 0 radical (unpaired) electrons. The lowest BCUT2D eigenvalue weighted by molar-refractivity contribution is 0.102. The summed E-state index contributed by atoms with van der Waals surface area (Å²) < 4.78 is 52.4. The van der Waals surface area contributed by atoms with Gasteiger partial charge in [-0.1, -0.05) is 0 Å². The summed E-state index contributed by atoms with van der Waals surface area (Å²) >= 11 is 0. The second-order valence-electron chi connectivity index (χ2n) is 4.07. The summed E-state index contributed by atoms with van der Waals surface area (Å²) in [5.74, 6) is -8.45. The predicted octanol–water partition coefficient (Wildman–Crippen LogP) is 2.78. The Bertz CT molecular complexity index is 735. The topological polar surface area (TPSA) is 75.3 Å². The minimum Gasteiger partial charge on any atom is -0.503 e. The minimum atomic E-state index is -1.80. The SMILES string of the molecule is Nc1cc(F)ccc1NC(=O)c1cc(F)c(F)c(O)c1F. The van der Waals surface area contributed by atoms with Gasteiger partial charge in [-0.05, 0) is 24.3 Å². The molecule has 0 fully saturated rings. The number of hydrogen-bond acceptors (Lipinski definition) is 3. The molecule has 0 heterocycles. The lowest BCUT2D eigenvalue weighted by Gasteiger charge is -2.10. The normalized spacial score (nSPS) is 10.5. The molecule has 2 aromatic rings. The third kappa shape index (κ3) is 2.73. The third-order valence-corrected chi connectivity index (χ3v) is 2.64. The molecular weight excluding hydrogens is 292 g/mol. The van der Waals surface area contributed by atoms with E-state index in [9.17, 15) is 22.4 Å². The fourth-order valence-electron chi connectivity index (χ4n) is 1.59. The minimum absolute atomic E-state index is 0.0509. The number of carbonyl (C=O) groups is 1. The average molecular weight is 300 g/mol. The number of nitrogen functional groups attached to an aromatic ring is 1. The van der Waals surface area contributed by atoms with E-state index in [1.807, 2.05) is 0 Å². The lowest BCUT2D eigenvalue weighted by Crippen LogP contribution is -2.16. The van der Waals surface area contributed by atoms with Gasteiger partial charge in [0.25, 0.3) is 5.91 Å². The van der Waals surface area contributed by atoms with Crippen molar-refractivity contribution in [1.82, 2.24) is 0 Å². The molecule has 0 saturated carbocycles. The van der Waals surface area contributed by atoms with Gasteiger partial charge in [-0.25, -0.2) is 13.2 Å². The van der Waals surface area contributed by atoms with E-state index >= 15 is 0 Å². The first-order valence-electron chi connectivity index (χ1n) is 5.54. The molecule has 0 bridgehead atoms. The number of carbonyl (C=O) groups excluding carboxylic acids is 1. The molecule has 0 unspecified atom stereocenters. The number of phenolic OH excluding ortho intramolecular Hbond substituents is 1. The van der Waals surface area contributed by atoms with Gasteiger partial charge in [-0.3, -0.25) is 4.79 Å². The lowest BCUT2D eigenvalue weighted by atomic mass is 10.1. The number of amides is 1. The summed E-state index contributed by atoms with van der Waals surface area (Å²) in [7, 11) is 0. The number of nitrogens with one attached hydrogen (secondary N) is 1. The number of benzene rings is 2. The van der Waals surface area contributed by atoms with Crippen LogP contribution < -0.4 is 11.1 Å². The fourth-order valence-corrected chi connectivity index (χ4v) is 1.59. The van der Waals surface area contributed by atoms with Crippen molar-refractivity contribution in [2.45, 2.75) is 0 Å². The first kappa shape index (κ1) is 14.6. The van der Waals surface area contributed by atoms with Crippen molar-refractivity contribution in [2.24, 2.45) is 0 Å². The maximum absolute atomic E-state index is 13.6. The van der Waals surface area contributed by atoms with Gasteiger partial charge < -0.3 is 16.2 Å². The van der Waals surface area contributed by atoms with E-state index in [0.717, 1.165) is 18.2 Å². The van der Waals surface area contributed by atoms with Crippen molar-refractivity contribution in [3.63, 3.8) is 0 Å². The molecule has 2 rings (SSSR count). The zero-order valence-electron chi connectivity index (χ0n) is 10.3. The summed E-state index contributed by atoms with van der Waals surface area (Å²) in [6.45, 7) is 0. The zero-order valence-corrected chi connectivity index (χ0v) is 10.3. The van der Waals surface area contributed by atoms with Gasteiger partial charge in [-0.2, -0.15) is 4.39 Å². The molecule has 8 heteroatoms. The Morgan fingerprint density at radius 3 is 2.38 bits per heavy atom. The van der Waals surface area contributed by atoms with Crippen LogP contribution in [0.3, 0.4) is 0 Å². The van der Waals surface area contributed by atoms with E-state index in [4.69, 9.17) is 10.8 Å². The number of phenols is 1. The highest BCUT2D eigenvalue weighted by Gasteiger charge is 2.22. The van der Waals surface area contributed by atoms with Gasteiger partial charge in [0.15, 0.2) is 17.4 Å². The monoisotopic (exact) mass is 300 g/mol. The van der Waals surface area contributed by atoms with Crippen molar-refractivity contribution >= 4 is 17.3 Å². The van der Waals surface area contributed by atoms with Crippen LogP contribution in [0.25, 0.3) is 0 Å². The summed E-state index contributed by atoms with van der Waals surface area (Å²) in [5.41, 5.74) is 4.32. The van der Waals surface area contributed by atoms with Crippen molar-refractivity contribution in [3.8, 4) is 5.75 Å². The molecule has 4 nitrogen and oxygen atoms in total. The molecule has 110 valence electrons. The first-order chi connectivity index (χ1) is 9.81. The highest BCUT2D eigenvalue weighted by Crippen LogP contribution is 2.27. The molecule has 0 aliphatic carbocycles. The smallest absolute Gasteiger partial charge is 0.258 e. The highest BCUT2D eigenvalue weighted by molar-refractivity contribution is 6.06. The van der Waals surface area contributed by atoms with E-state index in [-0.39, 0.29) is 11.4 Å². The Morgan fingerprint density at radius 1 is 1.10 bits per heavy atom. The Balaban J connectivity index is 2.37. The standard InChI is InChI=1S/C13H8F4N2O2/c14-5-1-2-9(8(18)3-5)19-13(21)6-4-7(15)11(17)12(20)10(6)16/h1-4,20H,18H2,(H,19,21). The van der Waals surface area contributed by atoms with Crippen molar-refractivity contribution in [2.75, 3.05) is 11.1 Å². The number of aromatic hydroxyl groups is 1. The van der Waals surface area contributed by atoms with E-state index in [1.165, 1.54) is 0 Å². The van der Waals surface area contributed by atoms with Crippen LogP contribution in [-0.4, -0.2) is 11.0 Å². The van der Waals surface area contributed by atoms with Gasteiger partial charge in [-0.15, -0.1) is 0 Å². The number of anilines is 2. The molecule has 21 heavy (non-hydrogen) atoms. The van der Waals surface area contributed by atoms with Crippen LogP contribution in [0.4, 0.5) is 28.9 Å².